The minimum atomic E-state index is -0.489. The first-order chi connectivity index (χ1) is 13.5. The van der Waals surface area contributed by atoms with Gasteiger partial charge in [0, 0.05) is 5.39 Å². The Morgan fingerprint density at radius 2 is 2.00 bits per heavy atom. The van der Waals surface area contributed by atoms with Crippen molar-refractivity contribution in [3.05, 3.63) is 64.7 Å². The highest BCUT2D eigenvalue weighted by Gasteiger charge is 2.15. The summed E-state index contributed by atoms with van der Waals surface area (Å²) in [5.41, 5.74) is 2.56. The standard InChI is InChI=1S/C21H18N2O4S/c1-3-26-19(24)12-23-15-9-8-13(2)10-18(15)28-21(23)22-20(25)17-11-14-6-4-5-7-16(14)27-17/h4-11H,3,12H2,1-2H3. The van der Waals surface area contributed by atoms with E-state index in [0.717, 1.165) is 21.2 Å². The Morgan fingerprint density at radius 3 is 2.79 bits per heavy atom. The van der Waals surface area contributed by atoms with Crippen LogP contribution >= 0.6 is 11.3 Å². The Balaban J connectivity index is 1.81. The second-order valence-electron chi connectivity index (χ2n) is 6.31. The molecule has 0 fully saturated rings. The van der Waals surface area contributed by atoms with Gasteiger partial charge in [-0.05, 0) is 43.7 Å². The van der Waals surface area contributed by atoms with Gasteiger partial charge in [0.05, 0.1) is 16.8 Å². The molecule has 4 aromatic rings. The van der Waals surface area contributed by atoms with Crippen LogP contribution < -0.4 is 4.80 Å². The van der Waals surface area contributed by atoms with E-state index in [1.807, 2.05) is 43.3 Å². The van der Waals surface area contributed by atoms with Crippen LogP contribution in [0.2, 0.25) is 0 Å². The Labute approximate surface area is 164 Å². The van der Waals surface area contributed by atoms with Gasteiger partial charge in [-0.2, -0.15) is 4.99 Å². The van der Waals surface area contributed by atoms with E-state index in [0.29, 0.717) is 17.0 Å². The zero-order chi connectivity index (χ0) is 19.7. The Hall–Kier alpha value is -3.19. The van der Waals surface area contributed by atoms with Crippen molar-refractivity contribution in [2.45, 2.75) is 20.4 Å². The molecule has 0 unspecified atom stereocenters. The molecule has 0 bridgehead atoms. The van der Waals surface area contributed by atoms with Gasteiger partial charge in [-0.3, -0.25) is 9.59 Å². The summed E-state index contributed by atoms with van der Waals surface area (Å²) in [7, 11) is 0. The minimum absolute atomic E-state index is 0.0108. The molecule has 0 radical (unpaired) electrons. The number of fused-ring (bicyclic) bond motifs is 2. The highest BCUT2D eigenvalue weighted by molar-refractivity contribution is 7.16. The highest BCUT2D eigenvalue weighted by atomic mass is 32.1. The largest absolute Gasteiger partial charge is 0.465 e. The Bertz CT molecular complexity index is 1230. The smallest absolute Gasteiger partial charge is 0.326 e. The minimum Gasteiger partial charge on any atom is -0.465 e. The lowest BCUT2D eigenvalue weighted by atomic mass is 10.2. The summed E-state index contributed by atoms with van der Waals surface area (Å²) in [6.07, 6.45) is 0. The number of hydrogen-bond donors (Lipinski definition) is 0. The van der Waals surface area contributed by atoms with Gasteiger partial charge in [-0.15, -0.1) is 0 Å². The van der Waals surface area contributed by atoms with Gasteiger partial charge in [-0.25, -0.2) is 0 Å². The topological polar surface area (TPSA) is 73.8 Å². The maximum atomic E-state index is 12.7. The average molecular weight is 394 g/mol. The predicted molar refractivity (Wildman–Crippen MR) is 107 cm³/mol. The van der Waals surface area contributed by atoms with Crippen LogP contribution in [-0.2, 0) is 16.1 Å². The summed E-state index contributed by atoms with van der Waals surface area (Å²) in [4.78, 5) is 29.4. The van der Waals surface area contributed by atoms with Crippen LogP contribution in [0.3, 0.4) is 0 Å². The Kier molecular flexibility index (Phi) is 4.83. The van der Waals surface area contributed by atoms with Crippen LogP contribution in [0, 0.1) is 6.92 Å². The SMILES string of the molecule is CCOC(=O)Cn1c(=NC(=O)c2cc3ccccc3o2)sc2cc(C)ccc21. The molecule has 2 aromatic heterocycles. The number of rotatable bonds is 4. The summed E-state index contributed by atoms with van der Waals surface area (Å²) in [5.74, 6) is -0.699. The fourth-order valence-corrected chi connectivity index (χ4v) is 4.11. The lowest BCUT2D eigenvalue weighted by Gasteiger charge is -2.05. The first kappa shape index (κ1) is 18.2. The molecule has 2 heterocycles. The number of benzene rings is 2. The van der Waals surface area contributed by atoms with E-state index >= 15 is 0 Å². The number of hydrogen-bond acceptors (Lipinski definition) is 5. The number of aromatic nitrogens is 1. The van der Waals surface area contributed by atoms with E-state index in [1.54, 1.807) is 23.6 Å². The van der Waals surface area contributed by atoms with Crippen molar-refractivity contribution in [2.24, 2.45) is 4.99 Å². The van der Waals surface area contributed by atoms with Gasteiger partial charge >= 0.3 is 11.9 Å². The fourth-order valence-electron chi connectivity index (χ4n) is 2.98. The molecule has 6 nitrogen and oxygen atoms in total. The molecular weight excluding hydrogens is 376 g/mol. The molecule has 2 aromatic carbocycles. The molecule has 0 atom stereocenters. The van der Waals surface area contributed by atoms with Crippen molar-refractivity contribution in [1.82, 2.24) is 4.57 Å². The predicted octanol–water partition coefficient (Wildman–Crippen LogP) is 4.06. The van der Waals surface area contributed by atoms with Crippen LogP contribution in [0.5, 0.6) is 0 Å². The number of carbonyl (C=O) groups excluding carboxylic acids is 2. The molecule has 0 aliphatic rings. The maximum absolute atomic E-state index is 12.7. The number of aryl methyl sites for hydroxylation is 1. The third-order valence-corrected chi connectivity index (χ3v) is 5.31. The van der Waals surface area contributed by atoms with Gasteiger partial charge < -0.3 is 13.7 Å². The quantitative estimate of drug-likeness (QED) is 0.489. The van der Waals surface area contributed by atoms with Crippen molar-refractivity contribution in [3.63, 3.8) is 0 Å². The van der Waals surface area contributed by atoms with Crippen molar-refractivity contribution < 1.29 is 18.7 Å². The third kappa shape index (κ3) is 3.48. The molecule has 7 heteroatoms. The number of furan rings is 1. The molecule has 142 valence electrons. The van der Waals surface area contributed by atoms with E-state index in [2.05, 4.69) is 4.99 Å². The van der Waals surface area contributed by atoms with Gasteiger partial charge in [0.25, 0.3) is 0 Å². The molecule has 0 N–H and O–H groups in total. The lowest BCUT2D eigenvalue weighted by Crippen LogP contribution is -2.23. The van der Waals surface area contributed by atoms with Crippen LogP contribution in [0.15, 0.2) is 57.9 Å². The van der Waals surface area contributed by atoms with Crippen LogP contribution in [0.1, 0.15) is 23.0 Å². The number of ether oxygens (including phenoxy) is 1. The second kappa shape index (κ2) is 7.44. The van der Waals surface area contributed by atoms with Crippen LogP contribution in [0.4, 0.5) is 0 Å². The van der Waals surface area contributed by atoms with E-state index in [9.17, 15) is 9.59 Å². The van der Waals surface area contributed by atoms with E-state index in [1.165, 1.54) is 11.3 Å². The van der Waals surface area contributed by atoms with E-state index in [4.69, 9.17) is 9.15 Å². The van der Waals surface area contributed by atoms with E-state index < -0.39 is 5.91 Å². The average Bonchev–Trinajstić information content (AvgIpc) is 3.23. The van der Waals surface area contributed by atoms with Gasteiger partial charge in [0.2, 0.25) is 0 Å². The number of amides is 1. The van der Waals surface area contributed by atoms with Gasteiger partial charge in [-0.1, -0.05) is 35.6 Å². The molecule has 1 amide bonds. The lowest BCUT2D eigenvalue weighted by molar-refractivity contribution is -0.143. The number of carbonyl (C=O) groups is 2. The molecule has 0 aliphatic heterocycles. The number of para-hydroxylation sites is 1. The first-order valence-corrected chi connectivity index (χ1v) is 9.70. The molecule has 0 saturated heterocycles. The summed E-state index contributed by atoms with van der Waals surface area (Å²) in [6, 6.07) is 15.0. The van der Waals surface area contributed by atoms with Crippen molar-refractivity contribution >= 4 is 44.4 Å². The van der Waals surface area contributed by atoms with Gasteiger partial charge in [0.1, 0.15) is 12.1 Å². The maximum Gasteiger partial charge on any atom is 0.326 e. The number of esters is 1. The first-order valence-electron chi connectivity index (χ1n) is 8.88. The van der Waals surface area contributed by atoms with Gasteiger partial charge in [0.15, 0.2) is 10.6 Å². The summed E-state index contributed by atoms with van der Waals surface area (Å²) in [5, 5.41) is 0.840. The van der Waals surface area contributed by atoms with Crippen molar-refractivity contribution in [3.8, 4) is 0 Å². The Morgan fingerprint density at radius 1 is 1.18 bits per heavy atom. The summed E-state index contributed by atoms with van der Waals surface area (Å²) < 4.78 is 13.3. The second-order valence-corrected chi connectivity index (χ2v) is 7.32. The molecular formula is C21H18N2O4S. The van der Waals surface area contributed by atoms with Crippen LogP contribution in [0.25, 0.3) is 21.2 Å². The highest BCUT2D eigenvalue weighted by Crippen LogP contribution is 2.21. The van der Waals surface area contributed by atoms with Crippen molar-refractivity contribution in [2.75, 3.05) is 6.61 Å². The summed E-state index contributed by atoms with van der Waals surface area (Å²) in [6.45, 7) is 4.04. The van der Waals surface area contributed by atoms with Crippen molar-refractivity contribution in [1.29, 1.82) is 0 Å². The molecule has 0 saturated carbocycles. The zero-order valence-electron chi connectivity index (χ0n) is 15.5. The monoisotopic (exact) mass is 394 g/mol. The molecule has 0 spiro atoms. The summed E-state index contributed by atoms with van der Waals surface area (Å²) >= 11 is 1.35. The molecule has 4 rings (SSSR count). The normalized spacial score (nSPS) is 12.0. The molecule has 28 heavy (non-hydrogen) atoms. The molecule has 0 aliphatic carbocycles. The third-order valence-electron chi connectivity index (χ3n) is 4.26. The number of nitrogens with zero attached hydrogens (tertiary/aromatic N) is 2. The van der Waals surface area contributed by atoms with Crippen LogP contribution in [-0.4, -0.2) is 23.1 Å². The fraction of sp³-hybridized carbons (Fsp3) is 0.190. The van der Waals surface area contributed by atoms with E-state index in [-0.39, 0.29) is 18.3 Å². The number of thiazole rings is 1. The zero-order valence-corrected chi connectivity index (χ0v) is 16.3.